The first-order valence-electron chi connectivity index (χ1n) is 5.92. The molecule has 0 spiro atoms. The molecule has 0 saturated heterocycles. The van der Waals surface area contributed by atoms with E-state index in [1.54, 1.807) is 0 Å². The van der Waals surface area contributed by atoms with Gasteiger partial charge in [0.25, 0.3) is 0 Å². The molecule has 0 bridgehead atoms. The number of benzene rings is 2. The van der Waals surface area contributed by atoms with Crippen LogP contribution in [0.5, 0.6) is 0 Å². The Hall–Kier alpha value is -2.13. The van der Waals surface area contributed by atoms with E-state index in [1.807, 2.05) is 29.1 Å². The van der Waals surface area contributed by atoms with E-state index >= 15 is 0 Å². The lowest BCUT2D eigenvalue weighted by Gasteiger charge is -2.04. The van der Waals surface area contributed by atoms with Crippen molar-refractivity contribution in [3.8, 4) is 5.69 Å². The van der Waals surface area contributed by atoms with Gasteiger partial charge in [-0.15, -0.1) is 0 Å². The van der Waals surface area contributed by atoms with Gasteiger partial charge in [0.05, 0.1) is 24.0 Å². The van der Waals surface area contributed by atoms with E-state index in [0.717, 1.165) is 22.2 Å². The molecule has 0 saturated carbocycles. The Bertz CT molecular complexity index is 683. The molecule has 0 aliphatic rings. The standard InChI is InChI=1S/C15H14N2O/c1-11-2-5-14(6-3-11)17-15-7-4-12(10-18)8-13(15)9-16-17/h2-9,18H,10H2,1H3. The normalized spacial score (nSPS) is 11.0. The van der Waals surface area contributed by atoms with Crippen molar-refractivity contribution in [3.05, 3.63) is 59.8 Å². The van der Waals surface area contributed by atoms with Crippen LogP contribution in [0.4, 0.5) is 0 Å². The highest BCUT2D eigenvalue weighted by Gasteiger charge is 2.05. The minimum absolute atomic E-state index is 0.0612. The van der Waals surface area contributed by atoms with Crippen molar-refractivity contribution in [2.75, 3.05) is 0 Å². The van der Waals surface area contributed by atoms with Crippen LogP contribution in [0.1, 0.15) is 11.1 Å². The highest BCUT2D eigenvalue weighted by atomic mass is 16.3. The Morgan fingerprint density at radius 1 is 1.11 bits per heavy atom. The average Bonchev–Trinajstić information content (AvgIpc) is 2.82. The van der Waals surface area contributed by atoms with Crippen LogP contribution in [0.25, 0.3) is 16.6 Å². The summed E-state index contributed by atoms with van der Waals surface area (Å²) in [6.07, 6.45) is 1.83. The molecule has 0 radical (unpaired) electrons. The number of aromatic nitrogens is 2. The Labute approximate surface area is 105 Å². The van der Waals surface area contributed by atoms with Crippen LogP contribution in [0.15, 0.2) is 48.7 Å². The Kier molecular flexibility index (Phi) is 2.61. The largest absolute Gasteiger partial charge is 0.392 e. The highest BCUT2D eigenvalue weighted by Crippen LogP contribution is 2.20. The topological polar surface area (TPSA) is 38.0 Å². The summed E-state index contributed by atoms with van der Waals surface area (Å²) in [6.45, 7) is 2.13. The summed E-state index contributed by atoms with van der Waals surface area (Å²) in [5.74, 6) is 0. The molecule has 3 rings (SSSR count). The minimum atomic E-state index is 0.0612. The smallest absolute Gasteiger partial charge is 0.0741 e. The van der Waals surface area contributed by atoms with Crippen molar-refractivity contribution in [2.24, 2.45) is 0 Å². The molecule has 0 unspecified atom stereocenters. The first kappa shape index (κ1) is 11.0. The summed E-state index contributed by atoms with van der Waals surface area (Å²) in [7, 11) is 0. The zero-order chi connectivity index (χ0) is 12.5. The van der Waals surface area contributed by atoms with Gasteiger partial charge in [0, 0.05) is 5.39 Å². The molecule has 1 aromatic heterocycles. The summed E-state index contributed by atoms with van der Waals surface area (Å²) in [5.41, 5.74) is 4.24. The van der Waals surface area contributed by atoms with E-state index in [0.29, 0.717) is 0 Å². The fourth-order valence-electron chi connectivity index (χ4n) is 2.07. The van der Waals surface area contributed by atoms with Crippen LogP contribution >= 0.6 is 0 Å². The predicted octanol–water partition coefficient (Wildman–Crippen LogP) is 2.83. The van der Waals surface area contributed by atoms with Gasteiger partial charge < -0.3 is 5.11 Å². The second kappa shape index (κ2) is 4.27. The molecule has 1 heterocycles. The summed E-state index contributed by atoms with van der Waals surface area (Å²) in [4.78, 5) is 0. The van der Waals surface area contributed by atoms with E-state index in [2.05, 4.69) is 36.3 Å². The van der Waals surface area contributed by atoms with E-state index in [9.17, 15) is 0 Å². The molecular weight excluding hydrogens is 224 g/mol. The summed E-state index contributed by atoms with van der Waals surface area (Å²) in [6, 6.07) is 14.1. The first-order chi connectivity index (χ1) is 8.78. The third kappa shape index (κ3) is 1.79. The summed E-state index contributed by atoms with van der Waals surface area (Å²) < 4.78 is 1.91. The lowest BCUT2D eigenvalue weighted by atomic mass is 10.1. The maximum atomic E-state index is 9.12. The Balaban J connectivity index is 2.15. The van der Waals surface area contributed by atoms with Crippen molar-refractivity contribution < 1.29 is 5.11 Å². The second-order valence-electron chi connectivity index (χ2n) is 4.44. The molecule has 3 nitrogen and oxygen atoms in total. The van der Waals surface area contributed by atoms with E-state index in [4.69, 9.17) is 5.11 Å². The molecule has 0 amide bonds. The summed E-state index contributed by atoms with van der Waals surface area (Å²) >= 11 is 0. The average molecular weight is 238 g/mol. The molecule has 3 heteroatoms. The molecule has 1 N–H and O–H groups in total. The number of aliphatic hydroxyl groups is 1. The molecule has 90 valence electrons. The molecule has 0 atom stereocenters. The van der Waals surface area contributed by atoms with Gasteiger partial charge in [-0.05, 0) is 36.8 Å². The number of hydrogen-bond acceptors (Lipinski definition) is 2. The zero-order valence-corrected chi connectivity index (χ0v) is 10.2. The third-order valence-corrected chi connectivity index (χ3v) is 3.09. The van der Waals surface area contributed by atoms with Crippen molar-refractivity contribution in [2.45, 2.75) is 13.5 Å². The molecular formula is C15H14N2O. The monoisotopic (exact) mass is 238 g/mol. The van der Waals surface area contributed by atoms with Gasteiger partial charge in [0.15, 0.2) is 0 Å². The maximum absolute atomic E-state index is 9.12. The van der Waals surface area contributed by atoms with E-state index in [-0.39, 0.29) is 6.61 Å². The molecule has 3 aromatic rings. The fourth-order valence-corrected chi connectivity index (χ4v) is 2.07. The van der Waals surface area contributed by atoms with Crippen molar-refractivity contribution >= 4 is 10.9 Å². The van der Waals surface area contributed by atoms with Crippen LogP contribution in [0, 0.1) is 6.92 Å². The molecule has 0 fully saturated rings. The van der Waals surface area contributed by atoms with Gasteiger partial charge >= 0.3 is 0 Å². The van der Waals surface area contributed by atoms with Crippen molar-refractivity contribution in [1.82, 2.24) is 9.78 Å². The van der Waals surface area contributed by atoms with Gasteiger partial charge in [0.2, 0.25) is 0 Å². The molecule has 0 aliphatic carbocycles. The lowest BCUT2D eigenvalue weighted by Crippen LogP contribution is -1.95. The quantitative estimate of drug-likeness (QED) is 0.745. The third-order valence-electron chi connectivity index (χ3n) is 3.09. The Morgan fingerprint density at radius 2 is 1.89 bits per heavy atom. The predicted molar refractivity (Wildman–Crippen MR) is 71.7 cm³/mol. The molecule has 18 heavy (non-hydrogen) atoms. The van der Waals surface area contributed by atoms with Crippen LogP contribution in [-0.4, -0.2) is 14.9 Å². The fraction of sp³-hybridized carbons (Fsp3) is 0.133. The number of nitrogens with zero attached hydrogens (tertiary/aromatic N) is 2. The van der Waals surface area contributed by atoms with Crippen LogP contribution in [-0.2, 0) is 6.61 Å². The number of aryl methyl sites for hydroxylation is 1. The number of rotatable bonds is 2. The van der Waals surface area contributed by atoms with Gasteiger partial charge in [-0.1, -0.05) is 23.8 Å². The zero-order valence-electron chi connectivity index (χ0n) is 10.2. The Morgan fingerprint density at radius 3 is 2.61 bits per heavy atom. The van der Waals surface area contributed by atoms with E-state index < -0.39 is 0 Å². The lowest BCUT2D eigenvalue weighted by molar-refractivity contribution is 0.282. The maximum Gasteiger partial charge on any atom is 0.0741 e. The minimum Gasteiger partial charge on any atom is -0.392 e. The highest BCUT2D eigenvalue weighted by molar-refractivity contribution is 5.81. The molecule has 2 aromatic carbocycles. The van der Waals surface area contributed by atoms with Gasteiger partial charge in [-0.25, -0.2) is 4.68 Å². The van der Waals surface area contributed by atoms with Gasteiger partial charge in [0.1, 0.15) is 0 Å². The van der Waals surface area contributed by atoms with Gasteiger partial charge in [-0.2, -0.15) is 5.10 Å². The van der Waals surface area contributed by atoms with Crippen LogP contribution in [0.3, 0.4) is 0 Å². The van der Waals surface area contributed by atoms with Crippen LogP contribution in [0.2, 0.25) is 0 Å². The number of fused-ring (bicyclic) bond motifs is 1. The number of hydrogen-bond donors (Lipinski definition) is 1. The first-order valence-corrected chi connectivity index (χ1v) is 5.92. The summed E-state index contributed by atoms with van der Waals surface area (Å²) in [5, 5.41) is 14.6. The number of aliphatic hydroxyl groups excluding tert-OH is 1. The van der Waals surface area contributed by atoms with Crippen LogP contribution < -0.4 is 0 Å². The molecule has 0 aliphatic heterocycles. The van der Waals surface area contributed by atoms with Crippen molar-refractivity contribution in [3.63, 3.8) is 0 Å². The second-order valence-corrected chi connectivity index (χ2v) is 4.44. The SMILES string of the molecule is Cc1ccc(-n2ncc3cc(CO)ccc32)cc1. The van der Waals surface area contributed by atoms with Gasteiger partial charge in [-0.3, -0.25) is 0 Å². The van der Waals surface area contributed by atoms with E-state index in [1.165, 1.54) is 5.56 Å². The van der Waals surface area contributed by atoms with Crippen molar-refractivity contribution in [1.29, 1.82) is 0 Å².